The number of benzene rings is 3. The molecular formula is C30H33NO5S. The van der Waals surface area contributed by atoms with Crippen LogP contribution in [0, 0.1) is 6.92 Å². The molecule has 6 nitrogen and oxygen atoms in total. The Morgan fingerprint density at radius 2 is 1.62 bits per heavy atom. The van der Waals surface area contributed by atoms with Crippen LogP contribution in [-0.2, 0) is 33.2 Å². The molecule has 0 bridgehead atoms. The molecule has 0 unspecified atom stereocenters. The lowest BCUT2D eigenvalue weighted by Crippen LogP contribution is -2.32. The Morgan fingerprint density at radius 1 is 0.946 bits per heavy atom. The number of Topliss-reactive ketones (excluding diaryl/α,β-unsaturated/α-hetero) is 1. The lowest BCUT2D eigenvalue weighted by Gasteiger charge is -2.20. The highest BCUT2D eigenvalue weighted by Gasteiger charge is 2.50. The molecule has 0 amide bonds. The van der Waals surface area contributed by atoms with Crippen molar-refractivity contribution < 1.29 is 22.7 Å². The summed E-state index contributed by atoms with van der Waals surface area (Å²) in [6.07, 6.45) is 2.08. The number of fused-ring (bicyclic) bond motifs is 1. The normalized spacial score (nSPS) is 15.8. The van der Waals surface area contributed by atoms with Crippen LogP contribution in [0.4, 0.5) is 0 Å². The molecule has 0 spiro atoms. The predicted octanol–water partition coefficient (Wildman–Crippen LogP) is 5.40. The molecule has 1 heterocycles. The van der Waals surface area contributed by atoms with Gasteiger partial charge in [-0.25, -0.2) is 12.7 Å². The van der Waals surface area contributed by atoms with E-state index in [-0.39, 0.29) is 12.6 Å². The molecule has 7 heteroatoms. The summed E-state index contributed by atoms with van der Waals surface area (Å²) in [5.74, 6) is 1.67. The topological polar surface area (TPSA) is 72.9 Å². The molecule has 1 fully saturated rings. The van der Waals surface area contributed by atoms with Crippen molar-refractivity contribution in [3.05, 3.63) is 82.9 Å². The van der Waals surface area contributed by atoms with Gasteiger partial charge in [0, 0.05) is 20.0 Å². The van der Waals surface area contributed by atoms with Crippen LogP contribution in [0.3, 0.4) is 0 Å². The Bertz CT molecular complexity index is 1440. The predicted molar refractivity (Wildman–Crippen MR) is 144 cm³/mol. The summed E-state index contributed by atoms with van der Waals surface area (Å²) < 4.78 is 37.1. The molecule has 1 aliphatic carbocycles. The van der Waals surface area contributed by atoms with Crippen molar-refractivity contribution in [1.29, 1.82) is 0 Å². The molecule has 37 heavy (non-hydrogen) atoms. The molecule has 0 radical (unpaired) electrons. The Hall–Kier alpha value is -3.16. The molecule has 5 rings (SSSR count). The van der Waals surface area contributed by atoms with E-state index in [1.165, 1.54) is 4.31 Å². The van der Waals surface area contributed by atoms with Gasteiger partial charge < -0.3 is 9.47 Å². The molecule has 3 aromatic rings. The highest BCUT2D eigenvalue weighted by molar-refractivity contribution is 7.89. The third-order valence-electron chi connectivity index (χ3n) is 7.58. The smallest absolute Gasteiger partial charge is 0.231 e. The zero-order chi connectivity index (χ0) is 26.4. The highest BCUT2D eigenvalue weighted by atomic mass is 32.2. The van der Waals surface area contributed by atoms with E-state index < -0.39 is 20.7 Å². The number of carbonyl (C=O) groups excluding carboxylic acids is 1. The quantitative estimate of drug-likeness (QED) is 0.378. The minimum Gasteiger partial charge on any atom is -0.454 e. The number of carbonyl (C=O) groups is 1. The number of ketones is 1. The van der Waals surface area contributed by atoms with Crippen molar-refractivity contribution in [2.45, 2.75) is 57.2 Å². The van der Waals surface area contributed by atoms with Crippen molar-refractivity contribution in [3.63, 3.8) is 0 Å². The number of ether oxygens (including phenoxy) is 2. The number of rotatable bonds is 9. The fraction of sp³-hybridized carbons (Fsp3) is 0.367. The van der Waals surface area contributed by atoms with Gasteiger partial charge in [-0.1, -0.05) is 48.5 Å². The van der Waals surface area contributed by atoms with E-state index >= 15 is 0 Å². The van der Waals surface area contributed by atoms with E-state index in [0.29, 0.717) is 18.7 Å². The first kappa shape index (κ1) is 25.5. The van der Waals surface area contributed by atoms with Gasteiger partial charge in [0.15, 0.2) is 11.5 Å². The lowest BCUT2D eigenvalue weighted by molar-refractivity contribution is -0.120. The zero-order valence-corrected chi connectivity index (χ0v) is 22.6. The Labute approximate surface area is 219 Å². The molecule has 0 aromatic heterocycles. The third-order valence-corrected chi connectivity index (χ3v) is 9.77. The molecule has 1 aliphatic heterocycles. The van der Waals surface area contributed by atoms with E-state index in [1.807, 2.05) is 48.5 Å². The first-order chi connectivity index (χ1) is 17.6. The van der Waals surface area contributed by atoms with Crippen molar-refractivity contribution >= 4 is 15.8 Å². The standard InChI is InChI=1S/C30H33NO5S/c1-20(2)37(33,34)31(4)18-22-7-9-24(10-8-22)26-15-23(6-5-21(26)3)16-29(32)30(13-14-30)25-11-12-27-28(17-25)36-19-35-27/h5-12,15,17,20H,13-14,16,18-19H2,1-4H3. The van der Waals surface area contributed by atoms with Crippen LogP contribution in [0.2, 0.25) is 0 Å². The maximum absolute atomic E-state index is 13.5. The van der Waals surface area contributed by atoms with Gasteiger partial charge in [-0.3, -0.25) is 4.79 Å². The van der Waals surface area contributed by atoms with E-state index in [2.05, 4.69) is 19.1 Å². The first-order valence-corrected chi connectivity index (χ1v) is 14.2. The molecule has 1 saturated carbocycles. The maximum atomic E-state index is 13.5. The van der Waals surface area contributed by atoms with Crippen LogP contribution in [0.25, 0.3) is 11.1 Å². The molecule has 2 aliphatic rings. The highest BCUT2D eigenvalue weighted by Crippen LogP contribution is 2.51. The summed E-state index contributed by atoms with van der Waals surface area (Å²) in [7, 11) is -1.69. The average Bonchev–Trinajstić information content (AvgIpc) is 3.56. The van der Waals surface area contributed by atoms with Gasteiger partial charge in [0.25, 0.3) is 0 Å². The van der Waals surface area contributed by atoms with Crippen LogP contribution in [0.1, 0.15) is 48.9 Å². The SMILES string of the molecule is Cc1ccc(CC(=O)C2(c3ccc4c(c3)OCO4)CC2)cc1-c1ccc(CN(C)S(=O)(=O)C(C)C)cc1. The summed E-state index contributed by atoms with van der Waals surface area (Å²) in [6.45, 7) is 5.99. The zero-order valence-electron chi connectivity index (χ0n) is 21.8. The van der Waals surface area contributed by atoms with Gasteiger partial charge in [-0.2, -0.15) is 0 Å². The summed E-state index contributed by atoms with van der Waals surface area (Å²) in [4.78, 5) is 13.5. The monoisotopic (exact) mass is 519 g/mol. The Morgan fingerprint density at radius 3 is 2.30 bits per heavy atom. The number of aryl methyl sites for hydroxylation is 1. The number of nitrogens with zero attached hydrogens (tertiary/aromatic N) is 1. The molecule has 0 N–H and O–H groups in total. The Balaban J connectivity index is 1.32. The summed E-state index contributed by atoms with van der Waals surface area (Å²) >= 11 is 0. The number of hydrogen-bond acceptors (Lipinski definition) is 5. The van der Waals surface area contributed by atoms with E-state index in [1.54, 1.807) is 20.9 Å². The van der Waals surface area contributed by atoms with E-state index in [4.69, 9.17) is 9.47 Å². The van der Waals surface area contributed by atoms with Crippen LogP contribution in [0.5, 0.6) is 11.5 Å². The first-order valence-electron chi connectivity index (χ1n) is 12.7. The fourth-order valence-electron chi connectivity index (χ4n) is 4.99. The summed E-state index contributed by atoms with van der Waals surface area (Å²) in [5, 5.41) is -0.454. The molecule has 0 saturated heterocycles. The number of sulfonamides is 1. The minimum absolute atomic E-state index is 0.223. The minimum atomic E-state index is -3.30. The number of hydrogen-bond donors (Lipinski definition) is 0. The second-order valence-corrected chi connectivity index (χ2v) is 13.0. The van der Waals surface area contributed by atoms with E-state index in [0.717, 1.165) is 52.0 Å². The van der Waals surface area contributed by atoms with Crippen LogP contribution in [-0.4, -0.2) is 37.6 Å². The van der Waals surface area contributed by atoms with Crippen molar-refractivity contribution in [1.82, 2.24) is 4.31 Å². The van der Waals surface area contributed by atoms with Gasteiger partial charge in [0.05, 0.1) is 10.7 Å². The lowest BCUT2D eigenvalue weighted by atomic mass is 9.87. The van der Waals surface area contributed by atoms with Crippen LogP contribution >= 0.6 is 0 Å². The van der Waals surface area contributed by atoms with Crippen LogP contribution < -0.4 is 9.47 Å². The van der Waals surface area contributed by atoms with Gasteiger partial charge in [0.1, 0.15) is 5.78 Å². The second-order valence-electron chi connectivity index (χ2n) is 10.4. The molecule has 194 valence electrons. The van der Waals surface area contributed by atoms with Crippen molar-refractivity contribution in [2.75, 3.05) is 13.8 Å². The Kier molecular flexibility index (Phi) is 6.62. The average molecular weight is 520 g/mol. The van der Waals surface area contributed by atoms with Gasteiger partial charge >= 0.3 is 0 Å². The summed E-state index contributed by atoms with van der Waals surface area (Å²) in [6, 6.07) is 20.0. The molecular weight excluding hydrogens is 486 g/mol. The van der Waals surface area contributed by atoms with Gasteiger partial charge in [-0.05, 0) is 79.1 Å². The fourth-order valence-corrected chi connectivity index (χ4v) is 6.04. The van der Waals surface area contributed by atoms with E-state index in [9.17, 15) is 13.2 Å². The van der Waals surface area contributed by atoms with Crippen molar-refractivity contribution in [3.8, 4) is 22.6 Å². The summed E-state index contributed by atoms with van der Waals surface area (Å²) in [5.41, 5.74) is 5.74. The molecule has 3 aromatic carbocycles. The van der Waals surface area contributed by atoms with Crippen molar-refractivity contribution in [2.24, 2.45) is 0 Å². The largest absolute Gasteiger partial charge is 0.454 e. The third kappa shape index (κ3) is 4.90. The second kappa shape index (κ2) is 9.62. The maximum Gasteiger partial charge on any atom is 0.231 e. The van der Waals surface area contributed by atoms with Gasteiger partial charge in [-0.15, -0.1) is 0 Å². The van der Waals surface area contributed by atoms with Gasteiger partial charge in [0.2, 0.25) is 16.8 Å². The molecule has 0 atom stereocenters. The van der Waals surface area contributed by atoms with Crippen LogP contribution in [0.15, 0.2) is 60.7 Å².